The third-order valence-corrected chi connectivity index (χ3v) is 2.21. The second kappa shape index (κ2) is 16.3. The molecule has 25 heavy (non-hydrogen) atoms. The molecule has 2 rings (SSSR count). The van der Waals surface area contributed by atoms with Gasteiger partial charge in [0.1, 0.15) is 11.5 Å². The summed E-state index contributed by atoms with van der Waals surface area (Å²) in [6, 6.07) is 17.7. The van der Waals surface area contributed by atoms with E-state index in [1.165, 1.54) is 0 Å². The molecule has 9 heteroatoms. The molecule has 0 saturated heterocycles. The van der Waals surface area contributed by atoms with E-state index >= 15 is 0 Å². The Bertz CT molecular complexity index is 524. The van der Waals surface area contributed by atoms with Crippen LogP contribution < -0.4 is 9.47 Å². The average molecular weight is 406 g/mol. The predicted octanol–water partition coefficient (Wildman–Crippen LogP) is 0.454. The van der Waals surface area contributed by atoms with Gasteiger partial charge in [0.25, 0.3) is 0 Å². The Hall–Kier alpha value is -2.58. The maximum absolute atomic E-state index is 10.0. The van der Waals surface area contributed by atoms with Gasteiger partial charge in [-0.2, -0.15) is 0 Å². The van der Waals surface area contributed by atoms with Gasteiger partial charge in [-0.25, -0.2) is 9.59 Å². The molecule has 0 aliphatic heterocycles. The number of benzene rings is 2. The van der Waals surface area contributed by atoms with Gasteiger partial charge >= 0.3 is 11.9 Å². The summed E-state index contributed by atoms with van der Waals surface area (Å²) >= 11 is 0. The van der Waals surface area contributed by atoms with Crippen LogP contribution in [0.15, 0.2) is 60.7 Å². The third kappa shape index (κ3) is 14.7. The van der Waals surface area contributed by atoms with Crippen LogP contribution in [-0.4, -0.2) is 35.4 Å². The van der Waals surface area contributed by atoms with Crippen molar-refractivity contribution in [2.75, 3.05) is 13.2 Å². The molecule has 1 radical (unpaired) electrons. The fraction of sp³-hybridized carbons (Fsp3) is 0.125. The molecule has 143 valence electrons. The molecule has 0 amide bonds. The molecule has 0 aromatic heterocycles. The standard InChI is InChI=1S/2C8H8O3.Cu.2H2O/c2*9-8(10)6-11-7-4-2-1-3-5-7;;;/h2*1-5H,6H2,(H,9,10);;2*1H2/p+2. The van der Waals surface area contributed by atoms with Crippen molar-refractivity contribution >= 4 is 11.9 Å². The molecule has 0 saturated carbocycles. The molecule has 2 aromatic carbocycles. The molecule has 0 aliphatic carbocycles. The van der Waals surface area contributed by atoms with E-state index in [1.807, 2.05) is 12.1 Å². The Kier molecular flexibility index (Phi) is 17.8. The Morgan fingerprint density at radius 2 is 0.960 bits per heavy atom. The minimum absolute atomic E-state index is 0. The second-order valence-electron chi connectivity index (χ2n) is 3.99. The molecule has 0 aliphatic rings. The third-order valence-electron chi connectivity index (χ3n) is 2.21. The van der Waals surface area contributed by atoms with Gasteiger partial charge < -0.3 is 30.6 Å². The van der Waals surface area contributed by atoms with Crippen LogP contribution >= 0.6 is 0 Å². The Morgan fingerprint density at radius 1 is 0.680 bits per heavy atom. The summed E-state index contributed by atoms with van der Waals surface area (Å²) in [5.41, 5.74) is 0. The molecular weight excluding hydrogens is 384 g/mol. The van der Waals surface area contributed by atoms with Gasteiger partial charge in [0.05, 0.1) is 0 Å². The molecule has 0 unspecified atom stereocenters. The fourth-order valence-electron chi connectivity index (χ4n) is 1.32. The number of rotatable bonds is 6. The van der Waals surface area contributed by atoms with Gasteiger partial charge in [-0.1, -0.05) is 36.4 Å². The van der Waals surface area contributed by atoms with Crippen LogP contribution in [0.25, 0.3) is 0 Å². The van der Waals surface area contributed by atoms with Crippen LogP contribution in [0.5, 0.6) is 11.5 Å². The number of carbonyl (C=O) groups is 2. The molecule has 2 aromatic rings. The van der Waals surface area contributed by atoms with Gasteiger partial charge in [-0.3, -0.25) is 0 Å². The molecule has 0 atom stereocenters. The van der Waals surface area contributed by atoms with Crippen LogP contribution in [0, 0.1) is 0 Å². The zero-order valence-corrected chi connectivity index (χ0v) is 14.1. The number of ether oxygens (including phenoxy) is 2. The van der Waals surface area contributed by atoms with E-state index in [-0.39, 0.29) is 41.2 Å². The molecular formula is C16H22CuO8+2. The van der Waals surface area contributed by atoms with Crippen molar-refractivity contribution in [3.05, 3.63) is 60.7 Å². The number of aliphatic carboxylic acids is 2. The molecule has 8 nitrogen and oxygen atoms in total. The zero-order valence-electron chi connectivity index (χ0n) is 13.2. The first kappa shape index (κ1) is 27.3. The molecule has 0 spiro atoms. The summed E-state index contributed by atoms with van der Waals surface area (Å²) in [5.74, 6) is -0.771. The summed E-state index contributed by atoms with van der Waals surface area (Å²) in [6.45, 7) is -0.575. The first-order valence-corrected chi connectivity index (χ1v) is 6.37. The smallest absolute Gasteiger partial charge is 0.341 e. The van der Waals surface area contributed by atoms with Crippen molar-refractivity contribution in [3.8, 4) is 11.5 Å². The fourth-order valence-corrected chi connectivity index (χ4v) is 1.32. The Morgan fingerprint density at radius 3 is 1.20 bits per heavy atom. The summed E-state index contributed by atoms with van der Waals surface area (Å²) < 4.78 is 9.74. The first-order valence-electron chi connectivity index (χ1n) is 6.37. The van der Waals surface area contributed by atoms with E-state index in [9.17, 15) is 9.59 Å². The quantitative estimate of drug-likeness (QED) is 0.524. The summed E-state index contributed by atoms with van der Waals surface area (Å²) in [4.78, 5) is 20.1. The van der Waals surface area contributed by atoms with Crippen molar-refractivity contribution < 1.29 is 57.3 Å². The first-order chi connectivity index (χ1) is 10.6. The minimum Gasteiger partial charge on any atom is -0.482 e. The molecule has 0 bridgehead atoms. The van der Waals surface area contributed by atoms with Crippen molar-refractivity contribution in [1.82, 2.24) is 0 Å². The van der Waals surface area contributed by atoms with E-state index in [0.717, 1.165) is 0 Å². The predicted molar refractivity (Wildman–Crippen MR) is 88.9 cm³/mol. The minimum atomic E-state index is -0.964. The van der Waals surface area contributed by atoms with Crippen molar-refractivity contribution in [1.29, 1.82) is 0 Å². The van der Waals surface area contributed by atoms with E-state index in [0.29, 0.717) is 11.5 Å². The van der Waals surface area contributed by atoms with Crippen LogP contribution in [0.4, 0.5) is 0 Å². The van der Waals surface area contributed by atoms with Gasteiger partial charge in [0, 0.05) is 17.1 Å². The van der Waals surface area contributed by atoms with E-state index in [4.69, 9.17) is 19.7 Å². The number of hydrogen-bond donors (Lipinski definition) is 2. The van der Waals surface area contributed by atoms with Gasteiger partial charge in [-0.05, 0) is 24.3 Å². The number of para-hydroxylation sites is 2. The van der Waals surface area contributed by atoms with Crippen LogP contribution in [-0.2, 0) is 37.6 Å². The Balaban J connectivity index is -0.000000346. The van der Waals surface area contributed by atoms with Crippen molar-refractivity contribution in [2.24, 2.45) is 0 Å². The van der Waals surface area contributed by atoms with E-state index < -0.39 is 11.9 Å². The molecule has 0 heterocycles. The number of carboxylic acids is 2. The molecule has 0 fully saturated rings. The van der Waals surface area contributed by atoms with Crippen LogP contribution in [0.3, 0.4) is 0 Å². The van der Waals surface area contributed by atoms with Gasteiger partial charge in [0.15, 0.2) is 13.2 Å². The monoisotopic (exact) mass is 405 g/mol. The molecule has 8 N–H and O–H groups in total. The maximum atomic E-state index is 10.0. The van der Waals surface area contributed by atoms with Gasteiger partial charge in [-0.15, -0.1) is 0 Å². The van der Waals surface area contributed by atoms with E-state index in [2.05, 4.69) is 0 Å². The SMILES string of the molecule is O=C(O)COc1ccccc1.O=C(O)COc1ccccc1.[Cu].[OH3+].[OH3+]. The summed E-state index contributed by atoms with van der Waals surface area (Å²) in [5, 5.41) is 16.5. The van der Waals surface area contributed by atoms with Crippen molar-refractivity contribution in [2.45, 2.75) is 0 Å². The zero-order chi connectivity index (χ0) is 16.2. The number of carboxylic acid groups (broad SMARTS) is 2. The van der Waals surface area contributed by atoms with Gasteiger partial charge in [0.2, 0.25) is 0 Å². The average Bonchev–Trinajstić information content (AvgIpc) is 2.53. The second-order valence-corrected chi connectivity index (χ2v) is 3.99. The van der Waals surface area contributed by atoms with E-state index in [1.54, 1.807) is 48.5 Å². The topological polar surface area (TPSA) is 159 Å². The van der Waals surface area contributed by atoms with Crippen molar-refractivity contribution in [3.63, 3.8) is 0 Å². The maximum Gasteiger partial charge on any atom is 0.341 e. The normalized spacial score (nSPS) is 8.00. The largest absolute Gasteiger partial charge is 0.482 e. The van der Waals surface area contributed by atoms with Crippen LogP contribution in [0.1, 0.15) is 0 Å². The summed E-state index contributed by atoms with van der Waals surface area (Å²) in [7, 11) is 0. The number of hydrogen-bond acceptors (Lipinski definition) is 4. The van der Waals surface area contributed by atoms with Crippen LogP contribution in [0.2, 0.25) is 0 Å². The summed E-state index contributed by atoms with van der Waals surface area (Å²) in [6.07, 6.45) is 0. The Labute approximate surface area is 155 Å².